The number of ether oxygens (including phenoxy) is 4. The fraction of sp³-hybridized carbons (Fsp3) is 0.708. The summed E-state index contributed by atoms with van der Waals surface area (Å²) in [6, 6.07) is 4.89. The lowest BCUT2D eigenvalue weighted by molar-refractivity contribution is -0.277. The standard InChI is InChI=1S/C24H38O9/c1-3-4-5-6-7-8-9-10-20(26)31-15-16-11-12-17(18(13-16)30-2)32-24-23(29)22(28)21(27)19(14-25)33-24/h11-13,19,21-25,27-29H,3-10,14-15H2,1-2H3/t19?,21?,22?,23?,24-/m1/s1. The van der Waals surface area contributed by atoms with Crippen LogP contribution in [0.5, 0.6) is 11.5 Å². The highest BCUT2D eigenvalue weighted by Crippen LogP contribution is 2.32. The van der Waals surface area contributed by atoms with Crippen molar-refractivity contribution in [2.75, 3.05) is 13.7 Å². The Hall–Kier alpha value is -1.91. The maximum Gasteiger partial charge on any atom is 0.306 e. The smallest absolute Gasteiger partial charge is 0.306 e. The molecule has 0 saturated carbocycles. The molecule has 4 unspecified atom stereocenters. The van der Waals surface area contributed by atoms with E-state index in [1.165, 1.54) is 32.8 Å². The van der Waals surface area contributed by atoms with E-state index in [4.69, 9.17) is 18.9 Å². The van der Waals surface area contributed by atoms with Gasteiger partial charge in [-0.05, 0) is 24.1 Å². The number of methoxy groups -OCH3 is 1. The molecule has 0 spiro atoms. The van der Waals surface area contributed by atoms with E-state index >= 15 is 0 Å². The molecule has 1 heterocycles. The molecule has 5 atom stereocenters. The van der Waals surface area contributed by atoms with Gasteiger partial charge in [0.25, 0.3) is 0 Å². The Morgan fingerprint density at radius 3 is 2.33 bits per heavy atom. The number of hydrogen-bond donors (Lipinski definition) is 4. The summed E-state index contributed by atoms with van der Waals surface area (Å²) >= 11 is 0. The van der Waals surface area contributed by atoms with Gasteiger partial charge in [-0.3, -0.25) is 4.79 Å². The van der Waals surface area contributed by atoms with Crippen molar-refractivity contribution in [2.24, 2.45) is 0 Å². The van der Waals surface area contributed by atoms with E-state index in [1.807, 2.05) is 0 Å². The van der Waals surface area contributed by atoms with Crippen molar-refractivity contribution < 1.29 is 44.2 Å². The molecule has 2 rings (SSSR count). The summed E-state index contributed by atoms with van der Waals surface area (Å²) in [6.07, 6.45) is 1.39. The highest BCUT2D eigenvalue weighted by atomic mass is 16.7. The molecule has 1 fully saturated rings. The van der Waals surface area contributed by atoms with Crippen molar-refractivity contribution in [2.45, 2.75) is 95.6 Å². The largest absolute Gasteiger partial charge is 0.493 e. The van der Waals surface area contributed by atoms with Gasteiger partial charge < -0.3 is 39.4 Å². The molecule has 4 N–H and O–H groups in total. The molecule has 1 aromatic carbocycles. The average Bonchev–Trinajstić information content (AvgIpc) is 2.82. The summed E-state index contributed by atoms with van der Waals surface area (Å²) in [4.78, 5) is 12.0. The van der Waals surface area contributed by atoms with Gasteiger partial charge in [-0.15, -0.1) is 0 Å². The lowest BCUT2D eigenvalue weighted by Gasteiger charge is -2.39. The van der Waals surface area contributed by atoms with Gasteiger partial charge in [-0.1, -0.05) is 51.5 Å². The Kier molecular flexibility index (Phi) is 11.9. The molecular weight excluding hydrogens is 432 g/mol. The zero-order chi connectivity index (χ0) is 24.2. The molecule has 0 aromatic heterocycles. The molecule has 0 aliphatic carbocycles. The molecular formula is C24H38O9. The van der Waals surface area contributed by atoms with Gasteiger partial charge >= 0.3 is 5.97 Å². The number of carbonyl (C=O) groups is 1. The van der Waals surface area contributed by atoms with Gasteiger partial charge in [-0.25, -0.2) is 0 Å². The summed E-state index contributed by atoms with van der Waals surface area (Å²) in [7, 11) is 1.44. The zero-order valence-corrected chi connectivity index (χ0v) is 19.5. The minimum absolute atomic E-state index is 0.0893. The number of rotatable bonds is 14. The molecule has 188 valence electrons. The Balaban J connectivity index is 1.83. The topological polar surface area (TPSA) is 135 Å². The van der Waals surface area contributed by atoms with Crippen LogP contribution in [0.4, 0.5) is 0 Å². The fourth-order valence-corrected chi connectivity index (χ4v) is 3.65. The Morgan fingerprint density at radius 1 is 0.970 bits per heavy atom. The van der Waals surface area contributed by atoms with Crippen LogP contribution in [0.1, 0.15) is 63.9 Å². The first kappa shape index (κ1) is 27.3. The first-order chi connectivity index (χ1) is 15.9. The maximum atomic E-state index is 12.0. The van der Waals surface area contributed by atoms with Gasteiger partial charge in [0.15, 0.2) is 11.5 Å². The molecule has 0 bridgehead atoms. The molecule has 9 heteroatoms. The number of aliphatic hydroxyl groups is 4. The van der Waals surface area contributed by atoms with Crippen molar-refractivity contribution in [1.82, 2.24) is 0 Å². The van der Waals surface area contributed by atoms with Gasteiger partial charge in [0.2, 0.25) is 6.29 Å². The van der Waals surface area contributed by atoms with Crippen molar-refractivity contribution >= 4 is 5.97 Å². The molecule has 9 nitrogen and oxygen atoms in total. The van der Waals surface area contributed by atoms with Crippen LogP contribution in [0.25, 0.3) is 0 Å². The van der Waals surface area contributed by atoms with E-state index in [0.717, 1.165) is 19.3 Å². The second kappa shape index (κ2) is 14.4. The number of carbonyl (C=O) groups excluding carboxylic acids is 1. The van der Waals surface area contributed by atoms with Crippen molar-refractivity contribution in [3.05, 3.63) is 23.8 Å². The SMILES string of the molecule is CCCCCCCCCC(=O)OCc1ccc(O[C@@H]2OC(CO)C(O)C(O)C2O)c(OC)c1. The summed E-state index contributed by atoms with van der Waals surface area (Å²) < 4.78 is 21.7. The maximum absolute atomic E-state index is 12.0. The minimum Gasteiger partial charge on any atom is -0.493 e. The van der Waals surface area contributed by atoms with Gasteiger partial charge in [-0.2, -0.15) is 0 Å². The second-order valence-electron chi connectivity index (χ2n) is 8.33. The third kappa shape index (κ3) is 8.42. The molecule has 33 heavy (non-hydrogen) atoms. The molecule has 0 radical (unpaired) electrons. The molecule has 1 aromatic rings. The van der Waals surface area contributed by atoms with Gasteiger partial charge in [0.1, 0.15) is 31.0 Å². The average molecular weight is 471 g/mol. The highest BCUT2D eigenvalue weighted by Gasteiger charge is 2.44. The van der Waals surface area contributed by atoms with E-state index in [1.54, 1.807) is 18.2 Å². The van der Waals surface area contributed by atoms with Gasteiger partial charge in [0, 0.05) is 6.42 Å². The van der Waals surface area contributed by atoms with E-state index < -0.39 is 37.3 Å². The third-order valence-electron chi connectivity index (χ3n) is 5.70. The lowest BCUT2D eigenvalue weighted by atomic mass is 9.99. The molecule has 1 aliphatic rings. The van der Waals surface area contributed by atoms with Crippen molar-refractivity contribution in [1.29, 1.82) is 0 Å². The Morgan fingerprint density at radius 2 is 1.67 bits per heavy atom. The number of unbranched alkanes of at least 4 members (excludes halogenated alkanes) is 6. The first-order valence-corrected chi connectivity index (χ1v) is 11.7. The number of hydrogen-bond acceptors (Lipinski definition) is 9. The monoisotopic (exact) mass is 470 g/mol. The third-order valence-corrected chi connectivity index (χ3v) is 5.70. The van der Waals surface area contributed by atoms with Gasteiger partial charge in [0.05, 0.1) is 13.7 Å². The van der Waals surface area contributed by atoms with Crippen LogP contribution in [-0.4, -0.2) is 70.8 Å². The fourth-order valence-electron chi connectivity index (χ4n) is 3.65. The van der Waals surface area contributed by atoms with E-state index in [9.17, 15) is 25.2 Å². The Bertz CT molecular complexity index is 709. The van der Waals surface area contributed by atoms with E-state index in [-0.39, 0.29) is 18.3 Å². The Labute approximate surface area is 195 Å². The van der Waals surface area contributed by atoms with Crippen LogP contribution >= 0.6 is 0 Å². The minimum atomic E-state index is -1.54. The van der Waals surface area contributed by atoms with E-state index in [0.29, 0.717) is 17.7 Å². The lowest BCUT2D eigenvalue weighted by Crippen LogP contribution is -2.60. The normalized spacial score (nSPS) is 25.0. The zero-order valence-electron chi connectivity index (χ0n) is 19.5. The van der Waals surface area contributed by atoms with E-state index in [2.05, 4.69) is 6.92 Å². The van der Waals surface area contributed by atoms with Crippen LogP contribution in [0.2, 0.25) is 0 Å². The van der Waals surface area contributed by atoms with Crippen LogP contribution < -0.4 is 9.47 Å². The summed E-state index contributed by atoms with van der Waals surface area (Å²) in [6.45, 7) is 1.73. The number of benzene rings is 1. The molecule has 1 aliphatic heterocycles. The summed E-state index contributed by atoms with van der Waals surface area (Å²) in [5.41, 5.74) is 0.695. The van der Waals surface area contributed by atoms with Crippen LogP contribution in [0.3, 0.4) is 0 Å². The van der Waals surface area contributed by atoms with Crippen LogP contribution in [0.15, 0.2) is 18.2 Å². The first-order valence-electron chi connectivity index (χ1n) is 11.7. The predicted octanol–water partition coefficient (Wildman–Crippen LogP) is 2.06. The number of esters is 1. The van der Waals surface area contributed by atoms with Crippen molar-refractivity contribution in [3.63, 3.8) is 0 Å². The molecule has 0 amide bonds. The highest BCUT2D eigenvalue weighted by molar-refractivity contribution is 5.69. The summed E-state index contributed by atoms with van der Waals surface area (Å²) in [5, 5.41) is 39.2. The predicted molar refractivity (Wildman–Crippen MR) is 120 cm³/mol. The van der Waals surface area contributed by atoms with Crippen LogP contribution in [0, 0.1) is 0 Å². The van der Waals surface area contributed by atoms with Crippen LogP contribution in [-0.2, 0) is 20.9 Å². The number of aliphatic hydroxyl groups excluding tert-OH is 4. The second-order valence-corrected chi connectivity index (χ2v) is 8.33. The molecule has 1 saturated heterocycles. The van der Waals surface area contributed by atoms with Crippen molar-refractivity contribution in [3.8, 4) is 11.5 Å². The quantitative estimate of drug-likeness (QED) is 0.238. The summed E-state index contributed by atoms with van der Waals surface area (Å²) in [5.74, 6) is 0.289.